The fourth-order valence-electron chi connectivity index (χ4n) is 3.29. The van der Waals surface area contributed by atoms with Crippen LogP contribution in [0.4, 0.5) is 5.82 Å². The number of aromatic nitrogens is 2. The average Bonchev–Trinajstić information content (AvgIpc) is 3.22. The second-order valence-corrected chi connectivity index (χ2v) is 8.85. The van der Waals surface area contributed by atoms with Crippen LogP contribution in [0.3, 0.4) is 0 Å². The van der Waals surface area contributed by atoms with Crippen molar-refractivity contribution in [1.82, 2.24) is 9.38 Å². The summed E-state index contributed by atoms with van der Waals surface area (Å²) in [5, 5.41) is 3.65. The number of imidazole rings is 1. The van der Waals surface area contributed by atoms with E-state index in [1.165, 1.54) is 0 Å². The van der Waals surface area contributed by atoms with E-state index in [0.717, 1.165) is 49.5 Å². The van der Waals surface area contributed by atoms with Crippen molar-refractivity contribution < 1.29 is 14.2 Å². The fourth-order valence-corrected chi connectivity index (χ4v) is 4.35. The van der Waals surface area contributed by atoms with Crippen molar-refractivity contribution in [3.8, 4) is 28.5 Å². The number of thiazole rings is 1. The van der Waals surface area contributed by atoms with E-state index in [1.807, 2.05) is 30.3 Å². The molecule has 0 amide bonds. The van der Waals surface area contributed by atoms with Crippen molar-refractivity contribution in [2.75, 3.05) is 26.6 Å². The molecule has 0 bridgehead atoms. The zero-order valence-corrected chi connectivity index (χ0v) is 18.3. The highest BCUT2D eigenvalue weighted by Crippen LogP contribution is 2.40. The Hall–Kier alpha value is -2.93. The number of ether oxygens (including phenoxy) is 3. The van der Waals surface area contributed by atoms with Crippen LogP contribution in [-0.2, 0) is 0 Å². The summed E-state index contributed by atoms with van der Waals surface area (Å²) in [6.07, 6.45) is 0. The predicted octanol–water partition coefficient (Wildman–Crippen LogP) is 5.45. The number of nitrogens with one attached hydrogen (secondary N) is 1. The van der Waals surface area contributed by atoms with Crippen LogP contribution < -0.4 is 19.5 Å². The Labute approximate surface area is 174 Å². The molecule has 4 rings (SSSR count). The number of benzene rings is 2. The number of hydrogen-bond acceptors (Lipinski definition) is 6. The van der Waals surface area contributed by atoms with Crippen LogP contribution in [0.5, 0.6) is 17.2 Å². The molecule has 0 fully saturated rings. The Bertz CT molecular complexity index is 1170. The first kappa shape index (κ1) is 19.4. The van der Waals surface area contributed by atoms with Crippen LogP contribution in [-0.4, -0.2) is 36.3 Å². The first-order chi connectivity index (χ1) is 13.8. The SMILES string of the molecule is COc1cc(OC)cc(-c2nc3sc4cc(OC)ccc4n3c2NC(C)(C)C)c1. The van der Waals surface area contributed by atoms with E-state index < -0.39 is 0 Å². The van der Waals surface area contributed by atoms with Crippen molar-refractivity contribution in [1.29, 1.82) is 0 Å². The maximum Gasteiger partial charge on any atom is 0.197 e. The van der Waals surface area contributed by atoms with Gasteiger partial charge in [0.1, 0.15) is 28.8 Å². The number of anilines is 1. The summed E-state index contributed by atoms with van der Waals surface area (Å²) in [4.78, 5) is 5.89. The van der Waals surface area contributed by atoms with Crippen LogP contribution in [0.15, 0.2) is 36.4 Å². The van der Waals surface area contributed by atoms with Gasteiger partial charge < -0.3 is 19.5 Å². The summed E-state index contributed by atoms with van der Waals surface area (Å²) < 4.78 is 19.6. The standard InChI is InChI=1S/C22H25N3O3S/c1-22(2,3)24-20-19(13-9-15(27-5)11-16(10-13)28-6)23-21-25(20)17-8-7-14(26-4)12-18(17)29-21/h7-12,24H,1-6H3. The van der Waals surface area contributed by atoms with E-state index in [2.05, 4.69) is 36.6 Å². The van der Waals surface area contributed by atoms with E-state index in [-0.39, 0.29) is 5.54 Å². The van der Waals surface area contributed by atoms with E-state index in [9.17, 15) is 0 Å². The van der Waals surface area contributed by atoms with Gasteiger partial charge in [-0.1, -0.05) is 11.3 Å². The molecule has 2 aromatic heterocycles. The van der Waals surface area contributed by atoms with Crippen molar-refractivity contribution in [2.24, 2.45) is 0 Å². The van der Waals surface area contributed by atoms with E-state index >= 15 is 0 Å². The largest absolute Gasteiger partial charge is 0.497 e. The van der Waals surface area contributed by atoms with Gasteiger partial charge in [0.15, 0.2) is 4.96 Å². The predicted molar refractivity (Wildman–Crippen MR) is 119 cm³/mol. The minimum Gasteiger partial charge on any atom is -0.497 e. The Morgan fingerprint density at radius 3 is 2.14 bits per heavy atom. The lowest BCUT2D eigenvalue weighted by atomic mass is 10.1. The Morgan fingerprint density at radius 2 is 1.55 bits per heavy atom. The smallest absolute Gasteiger partial charge is 0.197 e. The Morgan fingerprint density at radius 1 is 0.897 bits per heavy atom. The van der Waals surface area contributed by atoms with Gasteiger partial charge in [0, 0.05) is 17.2 Å². The molecule has 0 aliphatic carbocycles. The molecule has 0 aliphatic heterocycles. The molecule has 0 radical (unpaired) electrons. The molecule has 0 saturated heterocycles. The van der Waals surface area contributed by atoms with Gasteiger partial charge in [-0.25, -0.2) is 4.98 Å². The molecule has 0 saturated carbocycles. The number of hydrogen-bond donors (Lipinski definition) is 1. The van der Waals surface area contributed by atoms with E-state index in [1.54, 1.807) is 32.7 Å². The minimum atomic E-state index is -0.144. The van der Waals surface area contributed by atoms with Crippen molar-refractivity contribution in [3.05, 3.63) is 36.4 Å². The van der Waals surface area contributed by atoms with Crippen LogP contribution >= 0.6 is 11.3 Å². The molecule has 1 N–H and O–H groups in total. The zero-order chi connectivity index (χ0) is 20.8. The van der Waals surface area contributed by atoms with Crippen molar-refractivity contribution in [3.63, 3.8) is 0 Å². The maximum absolute atomic E-state index is 5.46. The first-order valence-corrected chi connectivity index (χ1v) is 10.1. The van der Waals surface area contributed by atoms with Gasteiger partial charge in [-0.15, -0.1) is 0 Å². The van der Waals surface area contributed by atoms with Gasteiger partial charge in [0.25, 0.3) is 0 Å². The molecule has 0 atom stereocenters. The monoisotopic (exact) mass is 411 g/mol. The average molecular weight is 412 g/mol. The topological polar surface area (TPSA) is 57.0 Å². The highest BCUT2D eigenvalue weighted by Gasteiger charge is 2.23. The molecular weight excluding hydrogens is 386 g/mol. The minimum absolute atomic E-state index is 0.144. The van der Waals surface area contributed by atoms with Gasteiger partial charge in [-0.3, -0.25) is 4.40 Å². The van der Waals surface area contributed by atoms with Crippen LogP contribution in [0, 0.1) is 0 Å². The summed E-state index contributed by atoms with van der Waals surface area (Å²) in [6.45, 7) is 6.42. The van der Waals surface area contributed by atoms with Gasteiger partial charge in [0.05, 0.1) is 31.5 Å². The summed E-state index contributed by atoms with van der Waals surface area (Å²) >= 11 is 1.64. The summed E-state index contributed by atoms with van der Waals surface area (Å²) in [5.41, 5.74) is 2.74. The van der Waals surface area contributed by atoms with Gasteiger partial charge in [-0.2, -0.15) is 0 Å². The van der Waals surface area contributed by atoms with E-state index in [0.29, 0.717) is 0 Å². The van der Waals surface area contributed by atoms with Crippen LogP contribution in [0.25, 0.3) is 26.4 Å². The third-order valence-corrected chi connectivity index (χ3v) is 5.58. The van der Waals surface area contributed by atoms with Crippen molar-refractivity contribution in [2.45, 2.75) is 26.3 Å². The quantitative estimate of drug-likeness (QED) is 0.473. The molecule has 29 heavy (non-hydrogen) atoms. The molecule has 2 aromatic carbocycles. The number of rotatable bonds is 5. The second-order valence-electron chi connectivity index (χ2n) is 7.84. The summed E-state index contributed by atoms with van der Waals surface area (Å²) in [6, 6.07) is 11.9. The molecule has 6 nitrogen and oxygen atoms in total. The lowest BCUT2D eigenvalue weighted by Gasteiger charge is -2.22. The van der Waals surface area contributed by atoms with Gasteiger partial charge in [0.2, 0.25) is 0 Å². The molecule has 4 aromatic rings. The number of nitrogens with zero attached hydrogens (tertiary/aromatic N) is 2. The first-order valence-electron chi connectivity index (χ1n) is 9.33. The molecule has 0 unspecified atom stereocenters. The van der Waals surface area contributed by atoms with Crippen LogP contribution in [0.1, 0.15) is 20.8 Å². The molecule has 2 heterocycles. The molecule has 0 spiro atoms. The fraction of sp³-hybridized carbons (Fsp3) is 0.318. The third-order valence-electron chi connectivity index (χ3n) is 4.57. The Balaban J connectivity index is 2.00. The Kier molecular flexibility index (Phi) is 4.78. The van der Waals surface area contributed by atoms with E-state index in [4.69, 9.17) is 19.2 Å². The highest BCUT2D eigenvalue weighted by molar-refractivity contribution is 7.23. The normalized spacial score (nSPS) is 11.8. The van der Waals surface area contributed by atoms with Crippen LogP contribution in [0.2, 0.25) is 0 Å². The molecule has 7 heteroatoms. The number of methoxy groups -OCH3 is 3. The summed E-state index contributed by atoms with van der Waals surface area (Å²) in [5.74, 6) is 3.24. The summed E-state index contributed by atoms with van der Waals surface area (Å²) in [7, 11) is 4.99. The van der Waals surface area contributed by atoms with Crippen molar-refractivity contribution >= 4 is 32.3 Å². The number of fused-ring (bicyclic) bond motifs is 3. The molecule has 0 aliphatic rings. The van der Waals surface area contributed by atoms with Gasteiger partial charge >= 0.3 is 0 Å². The second kappa shape index (κ2) is 7.15. The molecular formula is C22H25N3O3S. The molecule has 152 valence electrons. The lowest BCUT2D eigenvalue weighted by molar-refractivity contribution is 0.394. The maximum atomic E-state index is 5.46. The lowest BCUT2D eigenvalue weighted by Crippen LogP contribution is -2.27. The zero-order valence-electron chi connectivity index (χ0n) is 17.5. The highest BCUT2D eigenvalue weighted by atomic mass is 32.1. The third kappa shape index (κ3) is 3.58. The van der Waals surface area contributed by atoms with Gasteiger partial charge in [-0.05, 0) is 51.1 Å².